The van der Waals surface area contributed by atoms with Crippen molar-refractivity contribution in [2.24, 2.45) is 7.05 Å². The minimum atomic E-state index is -0.421. The van der Waals surface area contributed by atoms with E-state index in [0.717, 1.165) is 48.7 Å². The van der Waals surface area contributed by atoms with Crippen LogP contribution in [0.1, 0.15) is 36.6 Å². The monoisotopic (exact) mass is 423 g/mol. The molecule has 7 heteroatoms. The molecule has 1 unspecified atom stereocenters. The number of halogens is 1. The number of benzene rings is 1. The molecule has 1 aliphatic heterocycles. The minimum Gasteiger partial charge on any atom is -0.367 e. The highest BCUT2D eigenvalue weighted by atomic mass is 35.5. The Labute approximate surface area is 181 Å². The zero-order valence-electron chi connectivity index (χ0n) is 17.4. The molecule has 0 saturated carbocycles. The van der Waals surface area contributed by atoms with Crippen LogP contribution < -0.4 is 4.90 Å². The van der Waals surface area contributed by atoms with Crippen molar-refractivity contribution in [3.63, 3.8) is 0 Å². The molecule has 0 N–H and O–H groups in total. The van der Waals surface area contributed by atoms with E-state index in [1.807, 2.05) is 48.4 Å². The number of nitrogens with zero attached hydrogens (tertiary/aromatic N) is 5. The third kappa shape index (κ3) is 3.59. The van der Waals surface area contributed by atoms with Crippen LogP contribution in [-0.2, 0) is 30.2 Å². The second-order valence-corrected chi connectivity index (χ2v) is 8.85. The third-order valence-corrected chi connectivity index (χ3v) is 6.37. The molecule has 1 fully saturated rings. The number of rotatable bonds is 3. The minimum absolute atomic E-state index is 0.421. The largest absolute Gasteiger partial charge is 0.367 e. The van der Waals surface area contributed by atoms with Gasteiger partial charge in [0.1, 0.15) is 11.4 Å². The number of aromatic nitrogens is 4. The second-order valence-electron chi connectivity index (χ2n) is 8.42. The van der Waals surface area contributed by atoms with Crippen molar-refractivity contribution in [1.29, 1.82) is 0 Å². The zero-order valence-corrected chi connectivity index (χ0v) is 18.2. The Hall–Kier alpha value is -2.44. The maximum atomic E-state index is 6.24. The SMILES string of the molecule is Cn1cc(C2(C)CN(c3nc(-c4cccc(Cl)c4)nc4c3CCCC4)CCO2)cn1. The molecule has 0 radical (unpaired) electrons. The second kappa shape index (κ2) is 7.67. The van der Waals surface area contributed by atoms with Gasteiger partial charge in [0.2, 0.25) is 0 Å². The summed E-state index contributed by atoms with van der Waals surface area (Å²) in [5.74, 6) is 1.80. The summed E-state index contributed by atoms with van der Waals surface area (Å²) in [5.41, 5.74) is 4.10. The molecule has 5 rings (SSSR count). The molecule has 3 heterocycles. The van der Waals surface area contributed by atoms with Gasteiger partial charge in [0.15, 0.2) is 5.82 Å². The highest BCUT2D eigenvalue weighted by Crippen LogP contribution is 2.36. The summed E-state index contributed by atoms with van der Waals surface area (Å²) in [7, 11) is 1.94. The van der Waals surface area contributed by atoms with Gasteiger partial charge in [-0.05, 0) is 44.7 Å². The lowest BCUT2D eigenvalue weighted by Gasteiger charge is -2.41. The fraction of sp³-hybridized carbons (Fsp3) is 0.435. The molecule has 1 aromatic carbocycles. The van der Waals surface area contributed by atoms with Gasteiger partial charge in [0, 0.05) is 47.2 Å². The number of hydrogen-bond acceptors (Lipinski definition) is 5. The lowest BCUT2D eigenvalue weighted by Crippen LogP contribution is -2.49. The molecule has 6 nitrogen and oxygen atoms in total. The van der Waals surface area contributed by atoms with Crippen molar-refractivity contribution in [3.8, 4) is 11.4 Å². The fourth-order valence-corrected chi connectivity index (χ4v) is 4.70. The van der Waals surface area contributed by atoms with E-state index in [1.165, 1.54) is 24.1 Å². The van der Waals surface area contributed by atoms with E-state index in [-0.39, 0.29) is 0 Å². The maximum absolute atomic E-state index is 6.24. The molecule has 0 bridgehead atoms. The molecular formula is C23H26ClN5O. The van der Waals surface area contributed by atoms with Crippen molar-refractivity contribution < 1.29 is 4.74 Å². The van der Waals surface area contributed by atoms with Crippen LogP contribution in [-0.4, -0.2) is 39.4 Å². The predicted molar refractivity (Wildman–Crippen MR) is 118 cm³/mol. The van der Waals surface area contributed by atoms with E-state index < -0.39 is 5.60 Å². The van der Waals surface area contributed by atoms with E-state index in [0.29, 0.717) is 11.6 Å². The molecule has 3 aromatic rings. The van der Waals surface area contributed by atoms with E-state index in [9.17, 15) is 0 Å². The molecule has 0 spiro atoms. The Bertz CT molecular complexity index is 1080. The Morgan fingerprint density at radius 3 is 2.83 bits per heavy atom. The molecule has 156 valence electrons. The lowest BCUT2D eigenvalue weighted by molar-refractivity contribution is -0.0469. The first kappa shape index (κ1) is 19.5. The first-order valence-electron chi connectivity index (χ1n) is 10.6. The summed E-state index contributed by atoms with van der Waals surface area (Å²) >= 11 is 6.24. The van der Waals surface area contributed by atoms with Crippen LogP contribution in [0, 0.1) is 0 Å². The fourth-order valence-electron chi connectivity index (χ4n) is 4.51. The average molecular weight is 424 g/mol. The predicted octanol–water partition coefficient (Wildman–Crippen LogP) is 4.16. The van der Waals surface area contributed by atoms with Gasteiger partial charge in [-0.25, -0.2) is 9.97 Å². The Kier molecular flexibility index (Phi) is 4.99. The van der Waals surface area contributed by atoms with Gasteiger partial charge in [-0.3, -0.25) is 4.68 Å². The summed E-state index contributed by atoms with van der Waals surface area (Å²) in [6.07, 6.45) is 8.33. The quantitative estimate of drug-likeness (QED) is 0.633. The highest BCUT2D eigenvalue weighted by Gasteiger charge is 2.37. The van der Waals surface area contributed by atoms with Gasteiger partial charge < -0.3 is 9.64 Å². The molecule has 0 amide bonds. The normalized spacial score (nSPS) is 21.5. The molecule has 1 aliphatic carbocycles. The molecule has 30 heavy (non-hydrogen) atoms. The summed E-state index contributed by atoms with van der Waals surface area (Å²) < 4.78 is 8.06. The van der Waals surface area contributed by atoms with E-state index in [4.69, 9.17) is 26.3 Å². The molecular weight excluding hydrogens is 398 g/mol. The van der Waals surface area contributed by atoms with Crippen LogP contribution in [0.15, 0.2) is 36.7 Å². The highest BCUT2D eigenvalue weighted by molar-refractivity contribution is 6.30. The lowest BCUT2D eigenvalue weighted by atomic mass is 9.93. The first-order valence-corrected chi connectivity index (χ1v) is 10.9. The standard InChI is InChI=1S/C23H26ClN5O/c1-23(17-13-25-28(2)14-17)15-29(10-11-30-23)22-19-8-3-4-9-20(19)26-21(27-22)16-6-5-7-18(24)12-16/h5-7,12-14H,3-4,8-11,15H2,1-2H3. The Balaban J connectivity index is 1.56. The number of anilines is 1. The van der Waals surface area contributed by atoms with E-state index in [1.54, 1.807) is 0 Å². The van der Waals surface area contributed by atoms with Crippen LogP contribution in [0.4, 0.5) is 5.82 Å². The van der Waals surface area contributed by atoms with Crippen molar-refractivity contribution >= 4 is 17.4 Å². The topological polar surface area (TPSA) is 56.1 Å². The number of aryl methyl sites for hydroxylation is 2. The van der Waals surface area contributed by atoms with Gasteiger partial charge in [-0.2, -0.15) is 5.10 Å². The number of morpholine rings is 1. The molecule has 1 atom stereocenters. The van der Waals surface area contributed by atoms with Crippen LogP contribution in [0.2, 0.25) is 5.02 Å². The van der Waals surface area contributed by atoms with Gasteiger partial charge in [0.05, 0.1) is 19.3 Å². The van der Waals surface area contributed by atoms with Crippen LogP contribution in [0.3, 0.4) is 0 Å². The van der Waals surface area contributed by atoms with Crippen molar-refractivity contribution in [2.75, 3.05) is 24.6 Å². The van der Waals surface area contributed by atoms with Crippen molar-refractivity contribution in [3.05, 3.63) is 58.5 Å². The summed E-state index contributed by atoms with van der Waals surface area (Å²) in [5, 5.41) is 5.05. The van der Waals surface area contributed by atoms with Crippen LogP contribution in [0.25, 0.3) is 11.4 Å². The van der Waals surface area contributed by atoms with Gasteiger partial charge in [0.25, 0.3) is 0 Å². The van der Waals surface area contributed by atoms with Gasteiger partial charge in [-0.15, -0.1) is 0 Å². The van der Waals surface area contributed by atoms with Crippen LogP contribution >= 0.6 is 11.6 Å². The molecule has 1 saturated heterocycles. The first-order chi connectivity index (χ1) is 14.5. The summed E-state index contributed by atoms with van der Waals surface area (Å²) in [4.78, 5) is 12.4. The smallest absolute Gasteiger partial charge is 0.161 e. The average Bonchev–Trinajstić information content (AvgIpc) is 3.20. The molecule has 2 aliphatic rings. The van der Waals surface area contributed by atoms with Crippen LogP contribution in [0.5, 0.6) is 0 Å². The summed E-state index contributed by atoms with van der Waals surface area (Å²) in [6.45, 7) is 4.34. The number of hydrogen-bond donors (Lipinski definition) is 0. The van der Waals surface area contributed by atoms with Crippen molar-refractivity contribution in [2.45, 2.75) is 38.2 Å². The van der Waals surface area contributed by atoms with Gasteiger partial charge in [-0.1, -0.05) is 23.7 Å². The van der Waals surface area contributed by atoms with Crippen molar-refractivity contribution in [1.82, 2.24) is 19.7 Å². The zero-order chi connectivity index (χ0) is 20.7. The van der Waals surface area contributed by atoms with E-state index >= 15 is 0 Å². The summed E-state index contributed by atoms with van der Waals surface area (Å²) in [6, 6.07) is 7.80. The third-order valence-electron chi connectivity index (χ3n) is 6.13. The Morgan fingerprint density at radius 1 is 1.17 bits per heavy atom. The number of ether oxygens (including phenoxy) is 1. The Morgan fingerprint density at radius 2 is 2.03 bits per heavy atom. The van der Waals surface area contributed by atoms with E-state index in [2.05, 4.69) is 16.9 Å². The van der Waals surface area contributed by atoms with Gasteiger partial charge >= 0.3 is 0 Å². The maximum Gasteiger partial charge on any atom is 0.161 e. The number of fused-ring (bicyclic) bond motifs is 1. The molecule has 2 aromatic heterocycles.